The normalized spacial score (nSPS) is 10.0. The lowest BCUT2D eigenvalue weighted by molar-refractivity contribution is -0.118. The number of benzene rings is 1. The van der Waals surface area contributed by atoms with Gasteiger partial charge in [0.2, 0.25) is 0 Å². The lowest BCUT2D eigenvalue weighted by Crippen LogP contribution is -2.20. The number of ether oxygens (including phenoxy) is 1. The number of carbonyl (C=O) groups is 1. The summed E-state index contributed by atoms with van der Waals surface area (Å²) in [6.45, 7) is -0.228. The molecule has 19 heavy (non-hydrogen) atoms. The Morgan fingerprint density at radius 3 is 2.89 bits per heavy atom. The first-order valence-corrected chi connectivity index (χ1v) is 5.81. The molecule has 2 rings (SSSR count). The number of hydrogen-bond donors (Lipinski definition) is 1. The van der Waals surface area contributed by atoms with Crippen LogP contribution in [0.15, 0.2) is 42.6 Å². The number of amides is 1. The number of rotatable bonds is 4. The van der Waals surface area contributed by atoms with E-state index in [0.29, 0.717) is 16.6 Å². The molecule has 1 amide bonds. The lowest BCUT2D eigenvalue weighted by Gasteiger charge is -2.06. The van der Waals surface area contributed by atoms with Crippen molar-refractivity contribution in [2.75, 3.05) is 11.9 Å². The molecule has 6 heteroatoms. The van der Waals surface area contributed by atoms with Gasteiger partial charge in [0.15, 0.2) is 6.61 Å². The van der Waals surface area contributed by atoms with Gasteiger partial charge in [-0.2, -0.15) is 0 Å². The fourth-order valence-electron chi connectivity index (χ4n) is 1.33. The maximum atomic E-state index is 12.9. The highest BCUT2D eigenvalue weighted by Crippen LogP contribution is 2.12. The lowest BCUT2D eigenvalue weighted by atomic mass is 10.3. The minimum atomic E-state index is -0.419. The standard InChI is InChI=1S/C13H10ClFN2O2/c14-9-4-5-12(16-7-9)17-13(18)8-19-11-3-1-2-10(15)6-11/h1-7H,8H2,(H,16,17,18). The molecule has 0 aliphatic carbocycles. The van der Waals surface area contributed by atoms with Crippen molar-refractivity contribution in [1.82, 2.24) is 4.98 Å². The second kappa shape index (κ2) is 6.15. The molecular formula is C13H10ClFN2O2. The molecule has 0 fully saturated rings. The number of anilines is 1. The van der Waals surface area contributed by atoms with Crippen molar-refractivity contribution in [3.8, 4) is 5.75 Å². The maximum absolute atomic E-state index is 12.9. The molecule has 98 valence electrons. The van der Waals surface area contributed by atoms with Crippen LogP contribution in [0.1, 0.15) is 0 Å². The monoisotopic (exact) mass is 280 g/mol. The zero-order valence-corrected chi connectivity index (χ0v) is 10.5. The molecule has 4 nitrogen and oxygen atoms in total. The summed E-state index contributed by atoms with van der Waals surface area (Å²) in [6, 6.07) is 8.75. The first kappa shape index (κ1) is 13.3. The minimum absolute atomic E-state index is 0.228. The van der Waals surface area contributed by atoms with E-state index in [4.69, 9.17) is 16.3 Å². The average Bonchev–Trinajstić information content (AvgIpc) is 2.39. The van der Waals surface area contributed by atoms with Crippen molar-refractivity contribution in [3.05, 3.63) is 53.4 Å². The highest BCUT2D eigenvalue weighted by Gasteiger charge is 2.05. The van der Waals surface area contributed by atoms with E-state index in [1.54, 1.807) is 18.2 Å². The van der Waals surface area contributed by atoms with Gasteiger partial charge < -0.3 is 10.1 Å². The minimum Gasteiger partial charge on any atom is -0.484 e. The molecule has 0 unspecified atom stereocenters. The van der Waals surface area contributed by atoms with E-state index >= 15 is 0 Å². The Bertz CT molecular complexity index is 575. The highest BCUT2D eigenvalue weighted by molar-refractivity contribution is 6.30. The molecule has 1 heterocycles. The molecule has 0 atom stereocenters. The first-order valence-electron chi connectivity index (χ1n) is 5.43. The number of aromatic nitrogens is 1. The smallest absolute Gasteiger partial charge is 0.263 e. The predicted molar refractivity (Wildman–Crippen MR) is 69.8 cm³/mol. The van der Waals surface area contributed by atoms with Gasteiger partial charge in [-0.25, -0.2) is 9.37 Å². The van der Waals surface area contributed by atoms with Crippen LogP contribution in [-0.2, 0) is 4.79 Å². The molecule has 1 aromatic heterocycles. The van der Waals surface area contributed by atoms with Crippen molar-refractivity contribution in [3.63, 3.8) is 0 Å². The SMILES string of the molecule is O=C(COc1cccc(F)c1)Nc1ccc(Cl)cn1. The fourth-order valence-corrected chi connectivity index (χ4v) is 1.45. The predicted octanol–water partition coefficient (Wildman–Crippen LogP) is 2.89. The molecule has 0 bridgehead atoms. The molecule has 0 radical (unpaired) electrons. The second-order valence-corrected chi connectivity index (χ2v) is 4.09. The number of nitrogens with zero attached hydrogens (tertiary/aromatic N) is 1. The number of pyridine rings is 1. The molecule has 2 aromatic rings. The topological polar surface area (TPSA) is 51.2 Å². The third-order valence-electron chi connectivity index (χ3n) is 2.16. The number of hydrogen-bond acceptors (Lipinski definition) is 3. The van der Waals surface area contributed by atoms with Gasteiger partial charge in [0.05, 0.1) is 5.02 Å². The van der Waals surface area contributed by atoms with E-state index in [1.807, 2.05) is 0 Å². The molecule has 0 aliphatic rings. The van der Waals surface area contributed by atoms with Crippen LogP contribution >= 0.6 is 11.6 Å². The zero-order valence-electron chi connectivity index (χ0n) is 9.77. The molecular weight excluding hydrogens is 271 g/mol. The Morgan fingerprint density at radius 1 is 1.37 bits per heavy atom. The van der Waals surface area contributed by atoms with Gasteiger partial charge >= 0.3 is 0 Å². The Balaban J connectivity index is 1.86. The zero-order chi connectivity index (χ0) is 13.7. The van der Waals surface area contributed by atoms with Gasteiger partial charge in [0.25, 0.3) is 5.91 Å². The van der Waals surface area contributed by atoms with Gasteiger partial charge in [0.1, 0.15) is 17.4 Å². The van der Waals surface area contributed by atoms with Crippen LogP contribution in [0.5, 0.6) is 5.75 Å². The fraction of sp³-hybridized carbons (Fsp3) is 0.0769. The molecule has 1 N–H and O–H groups in total. The van der Waals surface area contributed by atoms with E-state index in [1.165, 1.54) is 24.4 Å². The van der Waals surface area contributed by atoms with Crippen molar-refractivity contribution < 1.29 is 13.9 Å². The van der Waals surface area contributed by atoms with Gasteiger partial charge in [0, 0.05) is 12.3 Å². The summed E-state index contributed by atoms with van der Waals surface area (Å²) in [5.74, 6) is -0.146. The Labute approximate surface area is 114 Å². The Kier molecular flexibility index (Phi) is 4.30. The van der Waals surface area contributed by atoms with Crippen LogP contribution < -0.4 is 10.1 Å². The van der Waals surface area contributed by atoms with E-state index in [2.05, 4.69) is 10.3 Å². The molecule has 0 saturated heterocycles. The quantitative estimate of drug-likeness (QED) is 0.937. The van der Waals surface area contributed by atoms with E-state index in [9.17, 15) is 9.18 Å². The van der Waals surface area contributed by atoms with E-state index in [-0.39, 0.29) is 12.5 Å². The third-order valence-corrected chi connectivity index (χ3v) is 2.38. The van der Waals surface area contributed by atoms with Crippen LogP contribution in [0.3, 0.4) is 0 Å². The second-order valence-electron chi connectivity index (χ2n) is 3.66. The average molecular weight is 281 g/mol. The van der Waals surface area contributed by atoms with Crippen LogP contribution in [0.25, 0.3) is 0 Å². The summed E-state index contributed by atoms with van der Waals surface area (Å²) in [7, 11) is 0. The first-order chi connectivity index (χ1) is 9.13. The van der Waals surface area contributed by atoms with E-state index < -0.39 is 5.82 Å². The Hall–Kier alpha value is -2.14. The molecule has 0 saturated carbocycles. The van der Waals surface area contributed by atoms with Crippen LogP contribution in [0, 0.1) is 5.82 Å². The van der Waals surface area contributed by atoms with Gasteiger partial charge in [-0.1, -0.05) is 17.7 Å². The van der Waals surface area contributed by atoms with Crippen LogP contribution in [-0.4, -0.2) is 17.5 Å². The van der Waals surface area contributed by atoms with E-state index in [0.717, 1.165) is 0 Å². The van der Waals surface area contributed by atoms with Gasteiger partial charge in [-0.15, -0.1) is 0 Å². The molecule has 0 spiro atoms. The number of nitrogens with one attached hydrogen (secondary N) is 1. The maximum Gasteiger partial charge on any atom is 0.263 e. The summed E-state index contributed by atoms with van der Waals surface area (Å²) >= 11 is 5.67. The third kappa shape index (κ3) is 4.22. The van der Waals surface area contributed by atoms with Crippen LogP contribution in [0.4, 0.5) is 10.2 Å². The Morgan fingerprint density at radius 2 is 2.21 bits per heavy atom. The largest absolute Gasteiger partial charge is 0.484 e. The van der Waals surface area contributed by atoms with Crippen molar-refractivity contribution in [2.45, 2.75) is 0 Å². The summed E-state index contributed by atoms with van der Waals surface area (Å²) < 4.78 is 18.0. The molecule has 1 aromatic carbocycles. The van der Waals surface area contributed by atoms with Gasteiger partial charge in [-0.05, 0) is 24.3 Å². The summed E-state index contributed by atoms with van der Waals surface area (Å²) in [4.78, 5) is 15.5. The summed E-state index contributed by atoms with van der Waals surface area (Å²) in [5, 5.41) is 3.01. The summed E-state index contributed by atoms with van der Waals surface area (Å²) in [5.41, 5.74) is 0. The van der Waals surface area contributed by atoms with Crippen molar-refractivity contribution >= 4 is 23.3 Å². The number of halogens is 2. The van der Waals surface area contributed by atoms with Crippen molar-refractivity contribution in [2.24, 2.45) is 0 Å². The molecule has 0 aliphatic heterocycles. The van der Waals surface area contributed by atoms with Crippen molar-refractivity contribution in [1.29, 1.82) is 0 Å². The van der Waals surface area contributed by atoms with Gasteiger partial charge in [-0.3, -0.25) is 4.79 Å². The number of carbonyl (C=O) groups excluding carboxylic acids is 1. The summed E-state index contributed by atoms with van der Waals surface area (Å²) in [6.07, 6.45) is 1.42. The highest BCUT2D eigenvalue weighted by atomic mass is 35.5. The van der Waals surface area contributed by atoms with Crippen LogP contribution in [0.2, 0.25) is 5.02 Å².